The minimum absolute atomic E-state index is 0.260. The van der Waals surface area contributed by atoms with Gasteiger partial charge in [-0.15, -0.1) is 0 Å². The van der Waals surface area contributed by atoms with Crippen molar-refractivity contribution < 1.29 is 23.1 Å². The van der Waals surface area contributed by atoms with E-state index in [4.69, 9.17) is 9.52 Å². The highest BCUT2D eigenvalue weighted by atomic mass is 19.1. The summed E-state index contributed by atoms with van der Waals surface area (Å²) in [5.74, 6) is -1.31. The zero-order chi connectivity index (χ0) is 22.2. The third-order valence-electron chi connectivity index (χ3n) is 5.89. The molecular weight excluding hydrogens is 412 g/mol. The first-order valence-electron chi connectivity index (χ1n) is 10.5. The van der Waals surface area contributed by atoms with Crippen molar-refractivity contribution in [3.8, 4) is 11.3 Å². The molecule has 3 aromatic carbocycles. The Labute approximate surface area is 183 Å². The molecule has 1 aliphatic rings. The van der Waals surface area contributed by atoms with E-state index >= 15 is 0 Å². The van der Waals surface area contributed by atoms with E-state index in [2.05, 4.69) is 0 Å². The molecule has 1 saturated heterocycles. The molecule has 0 spiro atoms. The fraction of sp³-hybridized carbons (Fsp3) is 0.192. The second-order valence-electron chi connectivity index (χ2n) is 8.33. The summed E-state index contributed by atoms with van der Waals surface area (Å²) in [4.78, 5) is 12.9. The molecule has 0 radical (unpaired) electrons. The lowest BCUT2D eigenvalue weighted by Gasteiger charge is -2.36. The molecule has 0 bridgehead atoms. The van der Waals surface area contributed by atoms with Crippen molar-refractivity contribution in [1.82, 2.24) is 4.90 Å². The van der Waals surface area contributed by atoms with Crippen LogP contribution in [0, 0.1) is 17.6 Å². The molecule has 32 heavy (non-hydrogen) atoms. The van der Waals surface area contributed by atoms with Gasteiger partial charge in [-0.05, 0) is 65.6 Å². The van der Waals surface area contributed by atoms with Gasteiger partial charge in [0.2, 0.25) is 0 Å². The number of hydrogen-bond acceptors (Lipinski definition) is 3. The van der Waals surface area contributed by atoms with E-state index in [0.717, 1.165) is 22.1 Å². The summed E-state index contributed by atoms with van der Waals surface area (Å²) in [6.07, 6.45) is 0.594. The number of carboxylic acid groups (broad SMARTS) is 1. The summed E-state index contributed by atoms with van der Waals surface area (Å²) >= 11 is 0. The number of aliphatic carboxylic acids is 1. The second-order valence-corrected chi connectivity index (χ2v) is 8.33. The standard InChI is InChI=1S/C26H21F2NO3/c27-21-3-1-2-16(10-21)8-17-5-7-24-19(9-17)12-25(32-24)22-6-4-18(11-23(22)28)13-29-14-20(15-29)26(30)31/h1-7,9-12,20H,8,13-15H2,(H,30,31). The van der Waals surface area contributed by atoms with Gasteiger partial charge in [-0.2, -0.15) is 0 Å². The van der Waals surface area contributed by atoms with Crippen LogP contribution in [0.2, 0.25) is 0 Å². The van der Waals surface area contributed by atoms with Gasteiger partial charge >= 0.3 is 5.97 Å². The summed E-state index contributed by atoms with van der Waals surface area (Å²) in [6.45, 7) is 1.49. The zero-order valence-corrected chi connectivity index (χ0v) is 17.2. The number of fused-ring (bicyclic) bond motifs is 1. The van der Waals surface area contributed by atoms with E-state index in [1.54, 1.807) is 12.1 Å². The van der Waals surface area contributed by atoms with Crippen molar-refractivity contribution in [2.24, 2.45) is 5.92 Å². The van der Waals surface area contributed by atoms with E-state index in [1.807, 2.05) is 41.3 Å². The number of benzene rings is 3. The van der Waals surface area contributed by atoms with Gasteiger partial charge in [0.25, 0.3) is 0 Å². The number of carboxylic acids is 1. The number of carbonyl (C=O) groups is 1. The molecule has 4 aromatic rings. The number of hydrogen-bond donors (Lipinski definition) is 1. The highest BCUT2D eigenvalue weighted by Gasteiger charge is 2.32. The molecule has 0 unspecified atom stereocenters. The lowest BCUT2D eigenvalue weighted by atomic mass is 9.99. The van der Waals surface area contributed by atoms with Crippen LogP contribution in [0.25, 0.3) is 22.3 Å². The zero-order valence-electron chi connectivity index (χ0n) is 17.2. The van der Waals surface area contributed by atoms with Gasteiger partial charge in [-0.1, -0.05) is 24.3 Å². The van der Waals surface area contributed by atoms with Crippen LogP contribution in [-0.2, 0) is 17.8 Å². The Kier molecular flexibility index (Phi) is 5.23. The quantitative estimate of drug-likeness (QED) is 0.437. The summed E-state index contributed by atoms with van der Waals surface area (Å²) in [5, 5.41) is 9.83. The molecule has 1 aromatic heterocycles. The van der Waals surface area contributed by atoms with E-state index in [1.165, 1.54) is 18.2 Å². The molecule has 4 nitrogen and oxygen atoms in total. The highest BCUT2D eigenvalue weighted by Crippen LogP contribution is 2.31. The maximum absolute atomic E-state index is 14.8. The normalized spacial score (nSPS) is 14.6. The van der Waals surface area contributed by atoms with Crippen LogP contribution in [0.1, 0.15) is 16.7 Å². The molecule has 1 N–H and O–H groups in total. The van der Waals surface area contributed by atoms with E-state index < -0.39 is 5.97 Å². The molecule has 0 atom stereocenters. The number of furan rings is 1. The van der Waals surface area contributed by atoms with E-state index in [0.29, 0.717) is 43.0 Å². The first-order chi connectivity index (χ1) is 15.4. The summed E-state index contributed by atoms with van der Waals surface area (Å²) in [7, 11) is 0. The van der Waals surface area contributed by atoms with Gasteiger partial charge in [0.15, 0.2) is 0 Å². The predicted octanol–water partition coefficient (Wildman–Crippen LogP) is 5.49. The van der Waals surface area contributed by atoms with Crippen molar-refractivity contribution in [3.63, 3.8) is 0 Å². The Hall–Kier alpha value is -3.51. The molecule has 162 valence electrons. The van der Waals surface area contributed by atoms with Crippen LogP contribution in [-0.4, -0.2) is 29.1 Å². The number of rotatable bonds is 6. The maximum atomic E-state index is 14.8. The fourth-order valence-corrected chi connectivity index (χ4v) is 4.19. The monoisotopic (exact) mass is 433 g/mol. The Morgan fingerprint density at radius 2 is 1.75 bits per heavy atom. The molecule has 2 heterocycles. The van der Waals surface area contributed by atoms with Crippen LogP contribution in [0.5, 0.6) is 0 Å². The maximum Gasteiger partial charge on any atom is 0.309 e. The average Bonchev–Trinajstić information content (AvgIpc) is 3.13. The lowest BCUT2D eigenvalue weighted by Crippen LogP contribution is -2.49. The first-order valence-corrected chi connectivity index (χ1v) is 10.5. The molecule has 1 aliphatic heterocycles. The van der Waals surface area contributed by atoms with Gasteiger partial charge in [0.05, 0.1) is 11.5 Å². The topological polar surface area (TPSA) is 53.7 Å². The van der Waals surface area contributed by atoms with E-state index in [-0.39, 0.29) is 17.6 Å². The smallest absolute Gasteiger partial charge is 0.309 e. The summed E-state index contributed by atoms with van der Waals surface area (Å²) < 4.78 is 34.2. The van der Waals surface area contributed by atoms with Gasteiger partial charge < -0.3 is 9.52 Å². The molecule has 0 aliphatic carbocycles. The molecule has 5 rings (SSSR count). The van der Waals surface area contributed by atoms with Crippen LogP contribution < -0.4 is 0 Å². The van der Waals surface area contributed by atoms with Crippen LogP contribution >= 0.6 is 0 Å². The Morgan fingerprint density at radius 1 is 0.969 bits per heavy atom. The minimum atomic E-state index is -0.785. The number of likely N-dealkylation sites (tertiary alicyclic amines) is 1. The Balaban J connectivity index is 1.33. The summed E-state index contributed by atoms with van der Waals surface area (Å²) in [6, 6.07) is 19.1. The number of halogens is 2. The van der Waals surface area contributed by atoms with Crippen molar-refractivity contribution in [1.29, 1.82) is 0 Å². The Bertz CT molecular complexity index is 1310. The van der Waals surface area contributed by atoms with Crippen molar-refractivity contribution in [2.45, 2.75) is 13.0 Å². The van der Waals surface area contributed by atoms with Gasteiger partial charge in [0, 0.05) is 25.0 Å². The summed E-state index contributed by atoms with van der Waals surface area (Å²) in [5.41, 5.74) is 3.73. The van der Waals surface area contributed by atoms with Crippen molar-refractivity contribution in [3.05, 3.63) is 95.1 Å². The third kappa shape index (κ3) is 4.14. The van der Waals surface area contributed by atoms with Gasteiger partial charge in [-0.3, -0.25) is 9.69 Å². The largest absolute Gasteiger partial charge is 0.481 e. The van der Waals surface area contributed by atoms with Crippen molar-refractivity contribution in [2.75, 3.05) is 13.1 Å². The molecular formula is C26H21F2NO3. The Morgan fingerprint density at radius 3 is 2.50 bits per heavy atom. The SMILES string of the molecule is O=C(O)C1CN(Cc2ccc(-c3cc4cc(Cc5cccc(F)c5)ccc4o3)c(F)c2)C1. The van der Waals surface area contributed by atoms with Gasteiger partial charge in [0.1, 0.15) is 23.0 Å². The lowest BCUT2D eigenvalue weighted by molar-refractivity contribution is -0.147. The predicted molar refractivity (Wildman–Crippen MR) is 117 cm³/mol. The first kappa shape index (κ1) is 20.4. The molecule has 0 saturated carbocycles. The van der Waals surface area contributed by atoms with Crippen LogP contribution in [0.4, 0.5) is 8.78 Å². The number of nitrogens with zero attached hydrogens (tertiary/aromatic N) is 1. The fourth-order valence-electron chi connectivity index (χ4n) is 4.19. The van der Waals surface area contributed by atoms with E-state index in [9.17, 15) is 13.6 Å². The molecule has 6 heteroatoms. The van der Waals surface area contributed by atoms with Crippen LogP contribution in [0.3, 0.4) is 0 Å². The van der Waals surface area contributed by atoms with Gasteiger partial charge in [-0.25, -0.2) is 8.78 Å². The minimum Gasteiger partial charge on any atom is -0.481 e. The van der Waals surface area contributed by atoms with Crippen LogP contribution in [0.15, 0.2) is 71.1 Å². The highest BCUT2D eigenvalue weighted by molar-refractivity contribution is 5.83. The third-order valence-corrected chi connectivity index (χ3v) is 5.89. The van der Waals surface area contributed by atoms with Crippen molar-refractivity contribution >= 4 is 16.9 Å². The average molecular weight is 433 g/mol. The second kappa shape index (κ2) is 8.20. The molecule has 0 amide bonds. The molecule has 1 fully saturated rings.